The maximum Gasteiger partial charge on any atom is 0.231 e. The summed E-state index contributed by atoms with van der Waals surface area (Å²) in [6.07, 6.45) is 1.03. The Morgan fingerprint density at radius 2 is 2.14 bits per heavy atom. The minimum Gasteiger partial charge on any atom is -0.339 e. The topological polar surface area (TPSA) is 51.0 Å². The fraction of sp³-hybridized carbons (Fsp3) is 0.467. The molecule has 1 heterocycles. The highest BCUT2D eigenvalue weighted by Gasteiger charge is 2.21. The van der Waals surface area contributed by atoms with E-state index in [4.69, 9.17) is 4.52 Å². The normalized spacial score (nSPS) is 14.1. The third kappa shape index (κ3) is 4.31. The SMILES string of the molecule is CCC(NC)C(C)c1nc(CSc2ccccc2Br)no1. The van der Waals surface area contributed by atoms with E-state index in [0.29, 0.717) is 17.7 Å². The van der Waals surface area contributed by atoms with Gasteiger partial charge in [-0.1, -0.05) is 31.1 Å². The molecule has 2 unspecified atom stereocenters. The van der Waals surface area contributed by atoms with E-state index in [1.54, 1.807) is 11.8 Å². The highest BCUT2D eigenvalue weighted by Crippen LogP contribution is 2.29. The molecule has 0 amide bonds. The van der Waals surface area contributed by atoms with Crippen molar-refractivity contribution < 1.29 is 4.52 Å². The molecule has 114 valence electrons. The van der Waals surface area contributed by atoms with E-state index in [0.717, 1.165) is 16.7 Å². The van der Waals surface area contributed by atoms with Crippen molar-refractivity contribution in [2.45, 2.75) is 42.9 Å². The van der Waals surface area contributed by atoms with Gasteiger partial charge in [-0.2, -0.15) is 4.98 Å². The van der Waals surface area contributed by atoms with Crippen LogP contribution in [0.15, 0.2) is 38.2 Å². The molecule has 2 aromatic rings. The van der Waals surface area contributed by atoms with E-state index in [-0.39, 0.29) is 5.92 Å². The van der Waals surface area contributed by atoms with Crippen molar-refractivity contribution in [2.75, 3.05) is 7.05 Å². The van der Waals surface area contributed by atoms with Gasteiger partial charge in [-0.3, -0.25) is 0 Å². The Labute approximate surface area is 138 Å². The summed E-state index contributed by atoms with van der Waals surface area (Å²) >= 11 is 5.24. The standard InChI is InChI=1S/C15H20BrN3OS/c1-4-12(17-3)10(2)15-18-14(19-20-15)9-21-13-8-6-5-7-11(13)16/h5-8,10,12,17H,4,9H2,1-3H3. The van der Waals surface area contributed by atoms with Crippen LogP contribution in [0.5, 0.6) is 0 Å². The predicted octanol–water partition coefficient (Wildman–Crippen LogP) is 4.23. The Balaban J connectivity index is 1.99. The van der Waals surface area contributed by atoms with Gasteiger partial charge in [0.15, 0.2) is 5.82 Å². The molecule has 1 N–H and O–H groups in total. The van der Waals surface area contributed by atoms with Gasteiger partial charge in [-0.15, -0.1) is 11.8 Å². The fourth-order valence-electron chi connectivity index (χ4n) is 2.19. The number of nitrogens with zero attached hydrogens (tertiary/aromatic N) is 2. The molecule has 0 spiro atoms. The van der Waals surface area contributed by atoms with Gasteiger partial charge in [0.25, 0.3) is 0 Å². The van der Waals surface area contributed by atoms with Crippen LogP contribution in [0.25, 0.3) is 0 Å². The Bertz CT molecular complexity index is 572. The molecule has 1 aromatic heterocycles. The molecule has 0 aliphatic carbocycles. The molecule has 0 aliphatic heterocycles. The summed E-state index contributed by atoms with van der Waals surface area (Å²) in [5.41, 5.74) is 0. The second-order valence-corrected chi connectivity index (χ2v) is 6.73. The molecule has 0 fully saturated rings. The van der Waals surface area contributed by atoms with Crippen LogP contribution in [-0.2, 0) is 5.75 Å². The van der Waals surface area contributed by atoms with Gasteiger partial charge in [0.2, 0.25) is 5.89 Å². The smallest absolute Gasteiger partial charge is 0.231 e. The van der Waals surface area contributed by atoms with Gasteiger partial charge in [-0.05, 0) is 41.5 Å². The number of hydrogen-bond acceptors (Lipinski definition) is 5. The number of hydrogen-bond donors (Lipinski definition) is 1. The lowest BCUT2D eigenvalue weighted by atomic mass is 10.00. The fourth-order valence-corrected chi connectivity index (χ4v) is 3.61. The Morgan fingerprint density at radius 3 is 2.81 bits per heavy atom. The van der Waals surface area contributed by atoms with Gasteiger partial charge in [-0.25, -0.2) is 0 Å². The Morgan fingerprint density at radius 1 is 1.38 bits per heavy atom. The summed E-state index contributed by atoms with van der Waals surface area (Å²) in [6, 6.07) is 8.49. The van der Waals surface area contributed by atoms with E-state index >= 15 is 0 Å². The molecule has 4 nitrogen and oxygen atoms in total. The molecular formula is C15H20BrN3OS. The molecule has 0 bridgehead atoms. The molecule has 1 aromatic carbocycles. The average molecular weight is 370 g/mol. The average Bonchev–Trinajstić information content (AvgIpc) is 2.96. The number of aromatic nitrogens is 2. The molecule has 2 rings (SSSR count). The van der Waals surface area contributed by atoms with E-state index in [9.17, 15) is 0 Å². The van der Waals surface area contributed by atoms with Crippen LogP contribution in [0, 0.1) is 0 Å². The van der Waals surface area contributed by atoms with Gasteiger partial charge in [0.05, 0.1) is 11.7 Å². The molecule has 0 saturated heterocycles. The maximum absolute atomic E-state index is 5.40. The zero-order chi connectivity index (χ0) is 15.2. The van der Waals surface area contributed by atoms with Crippen molar-refractivity contribution in [1.82, 2.24) is 15.5 Å². The van der Waals surface area contributed by atoms with Crippen LogP contribution in [-0.4, -0.2) is 23.2 Å². The number of benzene rings is 1. The van der Waals surface area contributed by atoms with Crippen molar-refractivity contribution in [1.29, 1.82) is 0 Å². The Kier molecular flexibility index (Phi) is 6.26. The van der Waals surface area contributed by atoms with E-state index in [1.165, 1.54) is 4.90 Å². The van der Waals surface area contributed by atoms with Crippen LogP contribution < -0.4 is 5.32 Å². The molecule has 0 saturated carbocycles. The first-order valence-corrected chi connectivity index (χ1v) is 8.80. The second-order valence-electron chi connectivity index (χ2n) is 4.86. The summed E-state index contributed by atoms with van der Waals surface area (Å²) in [7, 11) is 1.96. The molecule has 0 radical (unpaired) electrons. The van der Waals surface area contributed by atoms with E-state index in [2.05, 4.69) is 51.3 Å². The number of thioether (sulfide) groups is 1. The lowest BCUT2D eigenvalue weighted by Gasteiger charge is -2.18. The predicted molar refractivity (Wildman–Crippen MR) is 89.6 cm³/mol. The Hall–Kier alpha value is -0.850. The lowest BCUT2D eigenvalue weighted by molar-refractivity contribution is 0.324. The van der Waals surface area contributed by atoms with Crippen molar-refractivity contribution >= 4 is 27.7 Å². The molecule has 0 aliphatic rings. The zero-order valence-corrected chi connectivity index (χ0v) is 14.9. The second kappa shape index (κ2) is 7.96. The summed E-state index contributed by atoms with van der Waals surface area (Å²) in [6.45, 7) is 4.26. The first-order valence-electron chi connectivity index (χ1n) is 7.02. The van der Waals surface area contributed by atoms with Crippen LogP contribution in [0.4, 0.5) is 0 Å². The monoisotopic (exact) mass is 369 g/mol. The number of rotatable bonds is 7. The molecule has 21 heavy (non-hydrogen) atoms. The highest BCUT2D eigenvalue weighted by molar-refractivity contribution is 9.10. The first kappa shape index (κ1) is 16.5. The molecular weight excluding hydrogens is 350 g/mol. The largest absolute Gasteiger partial charge is 0.339 e. The van der Waals surface area contributed by atoms with Crippen molar-refractivity contribution in [2.24, 2.45) is 0 Å². The van der Waals surface area contributed by atoms with Crippen LogP contribution in [0.2, 0.25) is 0 Å². The van der Waals surface area contributed by atoms with Gasteiger partial charge in [0, 0.05) is 15.4 Å². The maximum atomic E-state index is 5.40. The number of halogens is 1. The minimum absolute atomic E-state index is 0.217. The number of nitrogens with one attached hydrogen (secondary N) is 1. The van der Waals surface area contributed by atoms with Crippen molar-refractivity contribution in [3.05, 3.63) is 40.5 Å². The zero-order valence-electron chi connectivity index (χ0n) is 12.5. The molecule has 2 atom stereocenters. The quantitative estimate of drug-likeness (QED) is 0.740. The highest BCUT2D eigenvalue weighted by atomic mass is 79.9. The third-order valence-corrected chi connectivity index (χ3v) is 5.50. The van der Waals surface area contributed by atoms with Crippen molar-refractivity contribution in [3.8, 4) is 0 Å². The van der Waals surface area contributed by atoms with Gasteiger partial charge in [0.1, 0.15) is 0 Å². The summed E-state index contributed by atoms with van der Waals surface area (Å²) < 4.78 is 6.49. The minimum atomic E-state index is 0.217. The molecule has 6 heteroatoms. The summed E-state index contributed by atoms with van der Waals surface area (Å²) in [5, 5.41) is 7.37. The lowest BCUT2D eigenvalue weighted by Crippen LogP contribution is -2.30. The van der Waals surface area contributed by atoms with Crippen LogP contribution in [0.3, 0.4) is 0 Å². The number of likely N-dealkylation sites (N-methyl/N-ethyl adjacent to an activating group) is 1. The first-order chi connectivity index (χ1) is 10.2. The van der Waals surface area contributed by atoms with Crippen LogP contribution >= 0.6 is 27.7 Å². The van der Waals surface area contributed by atoms with Crippen molar-refractivity contribution in [3.63, 3.8) is 0 Å². The van der Waals surface area contributed by atoms with Gasteiger partial charge < -0.3 is 9.84 Å². The third-order valence-electron chi connectivity index (χ3n) is 3.48. The van der Waals surface area contributed by atoms with E-state index in [1.807, 2.05) is 25.2 Å². The summed E-state index contributed by atoms with van der Waals surface area (Å²) in [5.74, 6) is 2.37. The van der Waals surface area contributed by atoms with Crippen LogP contribution in [0.1, 0.15) is 37.9 Å². The van der Waals surface area contributed by atoms with E-state index < -0.39 is 0 Å². The van der Waals surface area contributed by atoms with Gasteiger partial charge >= 0.3 is 0 Å². The summed E-state index contributed by atoms with van der Waals surface area (Å²) in [4.78, 5) is 5.70.